The van der Waals surface area contributed by atoms with Gasteiger partial charge >= 0.3 is 5.97 Å². The van der Waals surface area contributed by atoms with Crippen molar-refractivity contribution < 1.29 is 18.3 Å². The van der Waals surface area contributed by atoms with E-state index < -0.39 is 5.97 Å². The molecule has 4 nitrogen and oxygen atoms in total. The molecule has 2 aromatic rings. The van der Waals surface area contributed by atoms with Crippen LogP contribution in [-0.4, -0.2) is 13.1 Å². The Hall–Kier alpha value is -2.30. The maximum atomic E-state index is 13.4. The van der Waals surface area contributed by atoms with Crippen LogP contribution in [0.2, 0.25) is 0 Å². The van der Waals surface area contributed by atoms with Gasteiger partial charge in [0.05, 0.1) is 19.3 Å². The van der Waals surface area contributed by atoms with Crippen LogP contribution < -0.4 is 5.32 Å². The van der Waals surface area contributed by atoms with Crippen LogP contribution in [0.1, 0.15) is 21.9 Å². The first-order valence-corrected chi connectivity index (χ1v) is 5.78. The van der Waals surface area contributed by atoms with E-state index in [1.807, 2.05) is 0 Å². The fourth-order valence-corrected chi connectivity index (χ4v) is 1.73. The number of methoxy groups -OCH3 is 1. The van der Waals surface area contributed by atoms with Gasteiger partial charge in [-0.3, -0.25) is 0 Å². The number of para-hydroxylation sites is 1. The number of furan rings is 1. The van der Waals surface area contributed by atoms with Crippen molar-refractivity contribution in [2.75, 3.05) is 12.4 Å². The zero-order chi connectivity index (χ0) is 13.8. The van der Waals surface area contributed by atoms with E-state index in [1.165, 1.54) is 13.2 Å². The summed E-state index contributed by atoms with van der Waals surface area (Å²) in [7, 11) is 1.31. The van der Waals surface area contributed by atoms with Crippen molar-refractivity contribution in [1.82, 2.24) is 0 Å². The van der Waals surface area contributed by atoms with Crippen molar-refractivity contribution in [1.29, 1.82) is 0 Å². The summed E-state index contributed by atoms with van der Waals surface area (Å²) in [4.78, 5) is 11.4. The molecule has 100 valence electrons. The molecule has 0 radical (unpaired) electrons. The first-order valence-electron chi connectivity index (χ1n) is 5.78. The van der Waals surface area contributed by atoms with Gasteiger partial charge in [-0.25, -0.2) is 9.18 Å². The van der Waals surface area contributed by atoms with Gasteiger partial charge in [0, 0.05) is 0 Å². The lowest BCUT2D eigenvalue weighted by atomic mass is 10.2. The van der Waals surface area contributed by atoms with Crippen molar-refractivity contribution in [3.05, 3.63) is 53.2 Å². The van der Waals surface area contributed by atoms with E-state index in [-0.39, 0.29) is 5.82 Å². The highest BCUT2D eigenvalue weighted by Gasteiger charge is 2.15. The number of anilines is 1. The van der Waals surface area contributed by atoms with E-state index in [2.05, 4.69) is 10.1 Å². The summed E-state index contributed by atoms with van der Waals surface area (Å²) in [6.45, 7) is 1.97. The van der Waals surface area contributed by atoms with Gasteiger partial charge in [0.15, 0.2) is 0 Å². The monoisotopic (exact) mass is 263 g/mol. The molecule has 0 atom stereocenters. The van der Waals surface area contributed by atoms with E-state index in [4.69, 9.17) is 4.42 Å². The van der Waals surface area contributed by atoms with Crippen molar-refractivity contribution in [2.45, 2.75) is 13.5 Å². The number of benzene rings is 1. The molecule has 1 aromatic heterocycles. The summed E-state index contributed by atoms with van der Waals surface area (Å²) in [5.74, 6) is 0.246. The zero-order valence-corrected chi connectivity index (χ0v) is 10.7. The largest absolute Gasteiger partial charge is 0.465 e. The second-order valence-electron chi connectivity index (χ2n) is 4.01. The van der Waals surface area contributed by atoms with E-state index in [0.29, 0.717) is 29.3 Å². The molecule has 1 N–H and O–H groups in total. The Morgan fingerprint density at radius 2 is 2.16 bits per heavy atom. The van der Waals surface area contributed by atoms with Crippen molar-refractivity contribution in [2.24, 2.45) is 0 Å². The predicted octanol–water partition coefficient (Wildman–Crippen LogP) is 3.13. The molecule has 0 unspecified atom stereocenters. The predicted molar refractivity (Wildman–Crippen MR) is 68.5 cm³/mol. The maximum Gasteiger partial charge on any atom is 0.341 e. The molecule has 0 aliphatic carbocycles. The number of hydrogen-bond acceptors (Lipinski definition) is 4. The molecule has 0 saturated carbocycles. The number of hydrogen-bond donors (Lipinski definition) is 1. The van der Waals surface area contributed by atoms with Crippen LogP contribution in [0.4, 0.5) is 10.1 Å². The van der Waals surface area contributed by atoms with Crippen LogP contribution in [0.3, 0.4) is 0 Å². The van der Waals surface area contributed by atoms with Crippen LogP contribution in [0, 0.1) is 12.7 Å². The Morgan fingerprint density at radius 1 is 1.42 bits per heavy atom. The fraction of sp³-hybridized carbons (Fsp3) is 0.214. The average Bonchev–Trinajstić information content (AvgIpc) is 2.78. The molecule has 2 rings (SSSR count). The molecule has 0 amide bonds. The topological polar surface area (TPSA) is 51.5 Å². The van der Waals surface area contributed by atoms with Gasteiger partial charge in [-0.15, -0.1) is 0 Å². The van der Waals surface area contributed by atoms with E-state index in [9.17, 15) is 9.18 Å². The summed E-state index contributed by atoms with van der Waals surface area (Å²) >= 11 is 0. The number of carbonyl (C=O) groups excluding carboxylic acids is 1. The minimum absolute atomic E-state index is 0.290. The van der Waals surface area contributed by atoms with Gasteiger partial charge in [-0.2, -0.15) is 0 Å². The van der Waals surface area contributed by atoms with Crippen LogP contribution in [0.25, 0.3) is 0 Å². The summed E-state index contributed by atoms with van der Waals surface area (Å²) in [5.41, 5.74) is 0.768. The highest BCUT2D eigenvalue weighted by atomic mass is 19.1. The normalized spacial score (nSPS) is 10.3. The third kappa shape index (κ3) is 2.93. The van der Waals surface area contributed by atoms with Crippen molar-refractivity contribution >= 4 is 11.7 Å². The standard InChI is InChI=1S/C14H14FNO3/c1-9-11(14(17)18-2)7-10(19-9)8-16-13-6-4-3-5-12(13)15/h3-7,16H,8H2,1-2H3. The number of carbonyl (C=O) groups is 1. The number of rotatable bonds is 4. The minimum atomic E-state index is -0.446. The number of nitrogens with one attached hydrogen (secondary N) is 1. The lowest BCUT2D eigenvalue weighted by Crippen LogP contribution is -2.01. The molecule has 1 heterocycles. The lowest BCUT2D eigenvalue weighted by Gasteiger charge is -2.04. The van der Waals surface area contributed by atoms with Gasteiger partial charge in [-0.1, -0.05) is 12.1 Å². The van der Waals surface area contributed by atoms with Crippen molar-refractivity contribution in [3.63, 3.8) is 0 Å². The highest BCUT2D eigenvalue weighted by molar-refractivity contribution is 5.90. The fourth-order valence-electron chi connectivity index (χ4n) is 1.73. The number of aryl methyl sites for hydroxylation is 1. The van der Waals surface area contributed by atoms with Gasteiger partial charge in [0.1, 0.15) is 22.9 Å². The Kier molecular flexibility index (Phi) is 3.85. The highest BCUT2D eigenvalue weighted by Crippen LogP contribution is 2.18. The molecular weight excluding hydrogens is 249 g/mol. The number of ether oxygens (including phenoxy) is 1. The number of halogens is 1. The lowest BCUT2D eigenvalue weighted by molar-refractivity contribution is 0.0599. The first kappa shape index (κ1) is 13.1. The second kappa shape index (κ2) is 5.56. The van der Waals surface area contributed by atoms with Crippen LogP contribution >= 0.6 is 0 Å². The maximum absolute atomic E-state index is 13.4. The Balaban J connectivity index is 2.09. The SMILES string of the molecule is COC(=O)c1cc(CNc2ccccc2F)oc1C. The summed E-state index contributed by atoms with van der Waals surface area (Å²) < 4.78 is 23.4. The van der Waals surface area contributed by atoms with E-state index in [1.54, 1.807) is 31.2 Å². The molecule has 0 aliphatic rings. The van der Waals surface area contributed by atoms with E-state index >= 15 is 0 Å². The Bertz CT molecular complexity index is 592. The van der Waals surface area contributed by atoms with Crippen LogP contribution in [-0.2, 0) is 11.3 Å². The molecule has 0 bridgehead atoms. The molecule has 1 aromatic carbocycles. The van der Waals surface area contributed by atoms with Crippen LogP contribution in [0.15, 0.2) is 34.7 Å². The molecule has 0 spiro atoms. The molecule has 0 saturated heterocycles. The molecule has 0 fully saturated rings. The molecule has 0 aliphatic heterocycles. The summed E-state index contributed by atoms with van der Waals surface area (Å²) in [6, 6.07) is 7.95. The third-order valence-electron chi connectivity index (χ3n) is 2.70. The van der Waals surface area contributed by atoms with Gasteiger partial charge in [0.2, 0.25) is 0 Å². The minimum Gasteiger partial charge on any atom is -0.465 e. The first-order chi connectivity index (χ1) is 9.11. The summed E-state index contributed by atoms with van der Waals surface area (Å²) in [5, 5.41) is 2.91. The zero-order valence-electron chi connectivity index (χ0n) is 10.7. The van der Waals surface area contributed by atoms with E-state index in [0.717, 1.165) is 0 Å². The summed E-state index contributed by atoms with van der Waals surface area (Å²) in [6.07, 6.45) is 0. The smallest absolute Gasteiger partial charge is 0.341 e. The van der Waals surface area contributed by atoms with Gasteiger partial charge < -0.3 is 14.5 Å². The van der Waals surface area contributed by atoms with Crippen molar-refractivity contribution in [3.8, 4) is 0 Å². The second-order valence-corrected chi connectivity index (χ2v) is 4.01. The Morgan fingerprint density at radius 3 is 2.84 bits per heavy atom. The van der Waals surface area contributed by atoms with Crippen LogP contribution in [0.5, 0.6) is 0 Å². The molecular formula is C14H14FNO3. The average molecular weight is 263 g/mol. The van der Waals surface area contributed by atoms with Gasteiger partial charge in [0.25, 0.3) is 0 Å². The number of esters is 1. The third-order valence-corrected chi connectivity index (χ3v) is 2.70. The molecule has 19 heavy (non-hydrogen) atoms. The Labute approximate surface area is 110 Å². The molecule has 5 heteroatoms. The van der Waals surface area contributed by atoms with Gasteiger partial charge in [-0.05, 0) is 25.1 Å². The quantitative estimate of drug-likeness (QED) is 0.861.